The van der Waals surface area contributed by atoms with E-state index in [1.807, 2.05) is 13.8 Å². The Labute approximate surface area is 94.6 Å². The van der Waals surface area contributed by atoms with Gasteiger partial charge in [0.25, 0.3) is 0 Å². The number of rotatable bonds is 8. The predicted molar refractivity (Wildman–Crippen MR) is 65.7 cm³/mol. The summed E-state index contributed by atoms with van der Waals surface area (Å²) in [5.74, 6) is 1.18. The summed E-state index contributed by atoms with van der Waals surface area (Å²) in [5.41, 5.74) is 5.67. The minimum Gasteiger partial charge on any atom is -0.328 e. The molecule has 3 unspecified atom stereocenters. The fourth-order valence-corrected chi connectivity index (χ4v) is 1.60. The van der Waals surface area contributed by atoms with Crippen molar-refractivity contribution in [1.29, 1.82) is 0 Å². The van der Waals surface area contributed by atoms with Crippen LogP contribution in [-0.4, -0.2) is 11.8 Å². The summed E-state index contributed by atoms with van der Waals surface area (Å²) in [6.07, 6.45) is 4.94. The molecule has 2 heteroatoms. The van der Waals surface area contributed by atoms with Crippen molar-refractivity contribution in [3.63, 3.8) is 0 Å². The smallest absolute Gasteiger partial charge is 0.135 e. The van der Waals surface area contributed by atoms with Crippen molar-refractivity contribution in [3.05, 3.63) is 0 Å². The van der Waals surface area contributed by atoms with Crippen LogP contribution in [0.25, 0.3) is 0 Å². The van der Waals surface area contributed by atoms with Crippen molar-refractivity contribution in [2.24, 2.45) is 17.6 Å². The zero-order chi connectivity index (χ0) is 11.8. The third-order valence-electron chi connectivity index (χ3n) is 3.09. The molecule has 0 saturated heterocycles. The van der Waals surface area contributed by atoms with Crippen LogP contribution >= 0.6 is 0 Å². The lowest BCUT2D eigenvalue weighted by Crippen LogP contribution is -2.17. The van der Waals surface area contributed by atoms with E-state index < -0.39 is 0 Å². The zero-order valence-corrected chi connectivity index (χ0v) is 10.8. The van der Waals surface area contributed by atoms with Gasteiger partial charge in [-0.2, -0.15) is 0 Å². The van der Waals surface area contributed by atoms with Crippen LogP contribution in [0.5, 0.6) is 0 Å². The van der Waals surface area contributed by atoms with Crippen LogP contribution in [0.15, 0.2) is 0 Å². The molecule has 15 heavy (non-hydrogen) atoms. The highest BCUT2D eigenvalue weighted by Gasteiger charge is 2.15. The molecular weight excluding hydrogens is 186 g/mol. The molecule has 90 valence electrons. The second-order valence-electron chi connectivity index (χ2n) is 4.99. The molecule has 0 aromatic rings. The summed E-state index contributed by atoms with van der Waals surface area (Å²) >= 11 is 0. The molecule has 0 saturated carbocycles. The average molecular weight is 213 g/mol. The molecule has 0 bridgehead atoms. The van der Waals surface area contributed by atoms with Gasteiger partial charge in [0, 0.05) is 18.4 Å². The fraction of sp³-hybridized carbons (Fsp3) is 0.923. The Bertz CT molecular complexity index is 177. The van der Waals surface area contributed by atoms with Gasteiger partial charge in [0.2, 0.25) is 0 Å². The van der Waals surface area contributed by atoms with Gasteiger partial charge in [0.1, 0.15) is 5.78 Å². The number of ketones is 1. The normalized spacial score (nSPS) is 17.1. The topological polar surface area (TPSA) is 43.1 Å². The van der Waals surface area contributed by atoms with Crippen molar-refractivity contribution >= 4 is 5.78 Å². The Kier molecular flexibility index (Phi) is 7.67. The molecule has 0 fully saturated rings. The predicted octanol–water partition coefficient (Wildman–Crippen LogP) is 3.15. The van der Waals surface area contributed by atoms with Gasteiger partial charge in [0.15, 0.2) is 0 Å². The lowest BCUT2D eigenvalue weighted by atomic mass is 9.91. The first-order valence-electron chi connectivity index (χ1n) is 6.25. The van der Waals surface area contributed by atoms with Gasteiger partial charge in [-0.05, 0) is 25.7 Å². The highest BCUT2D eigenvalue weighted by Crippen LogP contribution is 2.16. The quantitative estimate of drug-likeness (QED) is 0.673. The molecule has 0 aromatic heterocycles. The molecule has 0 aliphatic heterocycles. The highest BCUT2D eigenvalue weighted by atomic mass is 16.1. The molecule has 0 heterocycles. The Balaban J connectivity index is 3.69. The molecule has 0 spiro atoms. The van der Waals surface area contributed by atoms with Crippen LogP contribution in [-0.2, 0) is 4.79 Å². The van der Waals surface area contributed by atoms with E-state index in [4.69, 9.17) is 5.73 Å². The number of hydrogen-bond acceptors (Lipinski definition) is 2. The third kappa shape index (κ3) is 7.55. The van der Waals surface area contributed by atoms with E-state index in [1.165, 1.54) is 0 Å². The fourth-order valence-electron chi connectivity index (χ4n) is 1.60. The molecule has 2 N–H and O–H groups in total. The Hall–Kier alpha value is -0.370. The number of carbonyl (C=O) groups excluding carboxylic acids is 1. The molecule has 0 radical (unpaired) electrons. The van der Waals surface area contributed by atoms with E-state index in [-0.39, 0.29) is 12.0 Å². The minimum atomic E-state index is 0.220. The van der Waals surface area contributed by atoms with Crippen LogP contribution in [0.1, 0.15) is 59.8 Å². The molecule has 0 amide bonds. The second-order valence-corrected chi connectivity index (χ2v) is 4.99. The molecule has 2 nitrogen and oxygen atoms in total. The first-order chi connectivity index (χ1) is 6.97. The van der Waals surface area contributed by atoms with E-state index >= 15 is 0 Å². The number of Topliss-reactive ketones (excluding diaryl/α,β-unsaturated/α-hetero) is 1. The Morgan fingerprint density at radius 2 is 1.80 bits per heavy atom. The number of nitrogens with two attached hydrogens (primary N) is 1. The van der Waals surface area contributed by atoms with Crippen LogP contribution < -0.4 is 5.73 Å². The van der Waals surface area contributed by atoms with Gasteiger partial charge < -0.3 is 5.73 Å². The van der Waals surface area contributed by atoms with Gasteiger partial charge in [-0.15, -0.1) is 0 Å². The van der Waals surface area contributed by atoms with Crippen LogP contribution in [0, 0.1) is 11.8 Å². The second kappa shape index (κ2) is 7.86. The maximum atomic E-state index is 11.8. The van der Waals surface area contributed by atoms with Crippen molar-refractivity contribution < 1.29 is 4.79 Å². The lowest BCUT2D eigenvalue weighted by Gasteiger charge is -2.13. The van der Waals surface area contributed by atoms with Gasteiger partial charge in [-0.3, -0.25) is 4.79 Å². The first-order valence-corrected chi connectivity index (χ1v) is 6.25. The summed E-state index contributed by atoms with van der Waals surface area (Å²) in [4.78, 5) is 11.8. The van der Waals surface area contributed by atoms with E-state index in [0.29, 0.717) is 11.7 Å². The summed E-state index contributed by atoms with van der Waals surface area (Å²) in [6.45, 7) is 8.35. The maximum absolute atomic E-state index is 11.8. The third-order valence-corrected chi connectivity index (χ3v) is 3.09. The molecular formula is C13H27NO. The van der Waals surface area contributed by atoms with E-state index in [9.17, 15) is 4.79 Å². The molecule has 0 aliphatic rings. The molecule has 0 aliphatic carbocycles. The molecule has 3 atom stereocenters. The summed E-state index contributed by atoms with van der Waals surface area (Å²) in [5, 5.41) is 0. The van der Waals surface area contributed by atoms with Gasteiger partial charge in [-0.25, -0.2) is 0 Å². The molecule has 0 rings (SSSR count). The average Bonchev–Trinajstić information content (AvgIpc) is 2.16. The maximum Gasteiger partial charge on any atom is 0.135 e. The number of hydrogen-bond donors (Lipinski definition) is 1. The summed E-state index contributed by atoms with van der Waals surface area (Å²) < 4.78 is 0. The lowest BCUT2D eigenvalue weighted by molar-refractivity contribution is -0.123. The van der Waals surface area contributed by atoms with Crippen molar-refractivity contribution in [1.82, 2.24) is 0 Å². The van der Waals surface area contributed by atoms with E-state index in [2.05, 4.69) is 13.8 Å². The van der Waals surface area contributed by atoms with Gasteiger partial charge in [-0.1, -0.05) is 33.6 Å². The standard InChI is InChI=1S/C13H27NO/c1-5-10(2)9-13(15)11(3)7-6-8-12(4)14/h10-12H,5-9,14H2,1-4H3. The van der Waals surface area contributed by atoms with E-state index in [0.717, 1.165) is 32.1 Å². The monoisotopic (exact) mass is 213 g/mol. The Morgan fingerprint density at radius 1 is 1.20 bits per heavy atom. The van der Waals surface area contributed by atoms with E-state index in [1.54, 1.807) is 0 Å². The van der Waals surface area contributed by atoms with Gasteiger partial charge in [0.05, 0.1) is 0 Å². The van der Waals surface area contributed by atoms with Crippen molar-refractivity contribution in [2.45, 2.75) is 65.8 Å². The number of carbonyl (C=O) groups is 1. The van der Waals surface area contributed by atoms with Crippen molar-refractivity contribution in [2.75, 3.05) is 0 Å². The molecule has 0 aromatic carbocycles. The van der Waals surface area contributed by atoms with Gasteiger partial charge >= 0.3 is 0 Å². The van der Waals surface area contributed by atoms with Crippen molar-refractivity contribution in [3.8, 4) is 0 Å². The van der Waals surface area contributed by atoms with Crippen LogP contribution in [0.4, 0.5) is 0 Å². The van der Waals surface area contributed by atoms with Crippen LogP contribution in [0.2, 0.25) is 0 Å². The largest absolute Gasteiger partial charge is 0.328 e. The highest BCUT2D eigenvalue weighted by molar-refractivity contribution is 5.80. The van der Waals surface area contributed by atoms with Crippen LogP contribution in [0.3, 0.4) is 0 Å². The SMILES string of the molecule is CCC(C)CC(=O)C(C)CCCC(C)N. The zero-order valence-electron chi connectivity index (χ0n) is 10.8. The summed E-state index contributed by atoms with van der Waals surface area (Å²) in [6, 6.07) is 0.266. The Morgan fingerprint density at radius 3 is 2.27 bits per heavy atom. The minimum absolute atomic E-state index is 0.220. The first kappa shape index (κ1) is 14.6. The summed E-state index contributed by atoms with van der Waals surface area (Å²) in [7, 11) is 0.